The highest BCUT2D eigenvalue weighted by atomic mass is 79.9. The molecule has 0 aliphatic heterocycles. The third-order valence-electron chi connectivity index (χ3n) is 2.34. The summed E-state index contributed by atoms with van der Waals surface area (Å²) >= 11 is 3.19. The fraction of sp³-hybridized carbons (Fsp3) is 0.364. The predicted octanol–water partition coefficient (Wildman–Crippen LogP) is 2.08. The number of methoxy groups -OCH3 is 2. The van der Waals surface area contributed by atoms with Crippen LogP contribution in [0, 0.1) is 10.1 Å². The molecule has 0 saturated heterocycles. The van der Waals surface area contributed by atoms with Gasteiger partial charge in [0.2, 0.25) is 0 Å². The fourth-order valence-corrected chi connectivity index (χ4v) is 1.96. The first-order valence-electron chi connectivity index (χ1n) is 5.02. The smallest absolute Gasteiger partial charge is 0.319 e. The number of carbonyl (C=O) groups excluding carboxylic acids is 1. The molecule has 0 amide bonds. The van der Waals surface area contributed by atoms with Gasteiger partial charge in [-0.2, -0.15) is 0 Å². The topological polar surface area (TPSA) is 78.7 Å². The molecule has 0 N–H and O–H groups in total. The van der Waals surface area contributed by atoms with Gasteiger partial charge < -0.3 is 9.47 Å². The number of halogens is 1. The van der Waals surface area contributed by atoms with E-state index in [0.717, 1.165) is 0 Å². The molecule has 6 nitrogen and oxygen atoms in total. The second-order valence-electron chi connectivity index (χ2n) is 3.45. The van der Waals surface area contributed by atoms with Gasteiger partial charge in [0.25, 0.3) is 5.69 Å². The van der Waals surface area contributed by atoms with E-state index < -0.39 is 15.7 Å². The average Bonchev–Trinajstić information content (AvgIpc) is 2.37. The predicted molar refractivity (Wildman–Crippen MR) is 68.1 cm³/mol. The Bertz CT molecular complexity index is 463. The molecule has 0 aromatic heterocycles. The Morgan fingerprint density at radius 3 is 2.67 bits per heavy atom. The van der Waals surface area contributed by atoms with E-state index in [9.17, 15) is 14.9 Å². The highest BCUT2D eigenvalue weighted by Gasteiger charge is 2.19. The summed E-state index contributed by atoms with van der Waals surface area (Å²) in [5.74, 6) is -0.0343. The van der Waals surface area contributed by atoms with Crippen molar-refractivity contribution in [1.82, 2.24) is 0 Å². The van der Waals surface area contributed by atoms with Crippen LogP contribution in [0.1, 0.15) is 5.56 Å². The number of esters is 1. The SMILES string of the molecule is COC(=O)C(Br)Cc1ccc([N+](=O)[O-])cc1OC. The average molecular weight is 318 g/mol. The normalized spacial score (nSPS) is 11.7. The van der Waals surface area contributed by atoms with Gasteiger partial charge >= 0.3 is 5.97 Å². The molecule has 0 saturated carbocycles. The first kappa shape index (κ1) is 14.4. The van der Waals surface area contributed by atoms with Gasteiger partial charge in [0.1, 0.15) is 10.6 Å². The Kier molecular flexibility index (Phi) is 5.08. The fourth-order valence-electron chi connectivity index (χ4n) is 1.42. The summed E-state index contributed by atoms with van der Waals surface area (Å²) in [6.45, 7) is 0. The third-order valence-corrected chi connectivity index (χ3v) is 3.04. The van der Waals surface area contributed by atoms with Crippen LogP contribution in [0.25, 0.3) is 0 Å². The van der Waals surface area contributed by atoms with Crippen LogP contribution >= 0.6 is 15.9 Å². The van der Waals surface area contributed by atoms with Crippen LogP contribution < -0.4 is 4.74 Å². The number of benzene rings is 1. The van der Waals surface area contributed by atoms with Gasteiger partial charge in [-0.1, -0.05) is 15.9 Å². The van der Waals surface area contributed by atoms with E-state index in [1.165, 1.54) is 26.4 Å². The number of alkyl halides is 1. The maximum atomic E-state index is 11.3. The molecule has 98 valence electrons. The Hall–Kier alpha value is -1.63. The number of nitro benzene ring substituents is 1. The van der Waals surface area contributed by atoms with Crippen LogP contribution in [-0.2, 0) is 16.0 Å². The molecule has 0 aliphatic rings. The number of rotatable bonds is 5. The molecular formula is C11H12BrNO5. The Balaban J connectivity index is 2.96. The molecule has 0 heterocycles. The van der Waals surface area contributed by atoms with Crippen LogP contribution in [0.2, 0.25) is 0 Å². The standard InChI is InChI=1S/C11H12BrNO5/c1-17-10-6-8(13(15)16)4-3-7(10)5-9(12)11(14)18-2/h3-4,6,9H,5H2,1-2H3. The first-order valence-corrected chi connectivity index (χ1v) is 5.94. The van der Waals surface area contributed by atoms with Crippen LogP contribution in [0.4, 0.5) is 5.69 Å². The Morgan fingerprint density at radius 2 is 2.17 bits per heavy atom. The van der Waals surface area contributed by atoms with Crippen molar-refractivity contribution in [2.45, 2.75) is 11.2 Å². The van der Waals surface area contributed by atoms with Gasteiger partial charge in [0.05, 0.1) is 25.2 Å². The number of ether oxygens (including phenoxy) is 2. The monoisotopic (exact) mass is 317 g/mol. The van der Waals surface area contributed by atoms with Gasteiger partial charge in [0, 0.05) is 6.07 Å². The third kappa shape index (κ3) is 3.43. The maximum absolute atomic E-state index is 11.3. The van der Waals surface area contributed by atoms with Crippen molar-refractivity contribution in [1.29, 1.82) is 0 Å². The molecule has 0 radical (unpaired) electrons. The minimum atomic E-state index is -0.516. The van der Waals surface area contributed by atoms with Crippen molar-refractivity contribution in [3.8, 4) is 5.75 Å². The lowest BCUT2D eigenvalue weighted by molar-refractivity contribution is -0.384. The molecule has 0 fully saturated rings. The molecule has 7 heteroatoms. The van der Waals surface area contributed by atoms with E-state index in [1.54, 1.807) is 6.07 Å². The maximum Gasteiger partial charge on any atom is 0.319 e. The summed E-state index contributed by atoms with van der Waals surface area (Å²) in [4.78, 5) is 20.9. The summed E-state index contributed by atoms with van der Waals surface area (Å²) < 4.78 is 9.66. The summed E-state index contributed by atoms with van der Waals surface area (Å²) in [6.07, 6.45) is 0.327. The van der Waals surface area contributed by atoms with E-state index in [4.69, 9.17) is 4.74 Å². The molecule has 0 aliphatic carbocycles. The molecule has 18 heavy (non-hydrogen) atoms. The van der Waals surface area contributed by atoms with Crippen LogP contribution in [0.3, 0.4) is 0 Å². The second-order valence-corrected chi connectivity index (χ2v) is 4.55. The highest BCUT2D eigenvalue weighted by Crippen LogP contribution is 2.27. The lowest BCUT2D eigenvalue weighted by Gasteiger charge is -2.11. The van der Waals surface area contributed by atoms with Crippen LogP contribution in [0.15, 0.2) is 18.2 Å². The highest BCUT2D eigenvalue weighted by molar-refractivity contribution is 9.10. The van der Waals surface area contributed by atoms with Crippen LogP contribution in [0.5, 0.6) is 5.75 Å². The van der Waals surface area contributed by atoms with Gasteiger partial charge in [-0.25, -0.2) is 0 Å². The number of nitro groups is 1. The number of hydrogen-bond acceptors (Lipinski definition) is 5. The van der Waals surface area contributed by atoms with Gasteiger partial charge in [-0.15, -0.1) is 0 Å². The number of carbonyl (C=O) groups is 1. The molecule has 1 rings (SSSR count). The number of non-ortho nitro benzene ring substituents is 1. The number of hydrogen-bond donors (Lipinski definition) is 0. The van der Waals surface area contributed by atoms with Crippen molar-refractivity contribution in [2.75, 3.05) is 14.2 Å². The Labute approximate surface area is 112 Å². The Morgan fingerprint density at radius 1 is 1.50 bits per heavy atom. The minimum absolute atomic E-state index is 0.0557. The zero-order chi connectivity index (χ0) is 13.7. The van der Waals surface area contributed by atoms with E-state index in [2.05, 4.69) is 20.7 Å². The molecular weight excluding hydrogens is 306 g/mol. The van der Waals surface area contributed by atoms with Gasteiger partial charge in [0.15, 0.2) is 0 Å². The summed E-state index contributed by atoms with van der Waals surface area (Å²) in [5.41, 5.74) is 0.634. The quantitative estimate of drug-likeness (QED) is 0.359. The largest absolute Gasteiger partial charge is 0.496 e. The second kappa shape index (κ2) is 6.34. The molecule has 1 aromatic rings. The minimum Gasteiger partial charge on any atom is -0.496 e. The van der Waals surface area contributed by atoms with Crippen molar-refractivity contribution in [3.63, 3.8) is 0 Å². The zero-order valence-corrected chi connectivity index (χ0v) is 11.5. The van der Waals surface area contributed by atoms with E-state index >= 15 is 0 Å². The lowest BCUT2D eigenvalue weighted by Crippen LogP contribution is -2.18. The van der Waals surface area contributed by atoms with E-state index in [0.29, 0.717) is 17.7 Å². The van der Waals surface area contributed by atoms with Crippen molar-refractivity contribution < 1.29 is 19.2 Å². The summed E-state index contributed by atoms with van der Waals surface area (Å²) in [5, 5.41) is 10.6. The van der Waals surface area contributed by atoms with E-state index in [1.807, 2.05) is 0 Å². The van der Waals surface area contributed by atoms with Gasteiger partial charge in [-0.3, -0.25) is 14.9 Å². The zero-order valence-electron chi connectivity index (χ0n) is 9.88. The van der Waals surface area contributed by atoms with Crippen molar-refractivity contribution in [3.05, 3.63) is 33.9 Å². The number of nitrogens with zero attached hydrogens (tertiary/aromatic N) is 1. The van der Waals surface area contributed by atoms with Gasteiger partial charge in [-0.05, 0) is 18.1 Å². The summed E-state index contributed by atoms with van der Waals surface area (Å²) in [6, 6.07) is 4.26. The van der Waals surface area contributed by atoms with Crippen molar-refractivity contribution >= 4 is 27.6 Å². The first-order chi connectivity index (χ1) is 8.49. The van der Waals surface area contributed by atoms with E-state index in [-0.39, 0.29) is 5.69 Å². The molecule has 0 spiro atoms. The summed E-state index contributed by atoms with van der Waals surface area (Å²) in [7, 11) is 2.72. The molecule has 1 atom stereocenters. The van der Waals surface area contributed by atoms with Crippen molar-refractivity contribution in [2.24, 2.45) is 0 Å². The molecule has 0 bridgehead atoms. The molecule has 1 unspecified atom stereocenters. The van der Waals surface area contributed by atoms with Crippen LogP contribution in [-0.4, -0.2) is 29.9 Å². The lowest BCUT2D eigenvalue weighted by atomic mass is 10.1. The molecule has 1 aromatic carbocycles.